The lowest BCUT2D eigenvalue weighted by Gasteiger charge is -2.31. The number of ether oxygens (including phenoxy) is 1. The van der Waals surface area contributed by atoms with E-state index in [1.807, 2.05) is 6.92 Å². The molecule has 1 aromatic rings. The van der Waals surface area contributed by atoms with Gasteiger partial charge in [-0.3, -0.25) is 4.79 Å². The SMILES string of the molecule is CNC(=O)c1ccc(N)cc1NC1(C)CCOC1C. The Balaban J connectivity index is 2.33. The predicted molar refractivity (Wildman–Crippen MR) is 76.3 cm³/mol. The first kappa shape index (κ1) is 13.7. The molecule has 2 rings (SSSR count). The van der Waals surface area contributed by atoms with Crippen molar-refractivity contribution in [2.75, 3.05) is 24.7 Å². The smallest absolute Gasteiger partial charge is 0.253 e. The highest BCUT2D eigenvalue weighted by Crippen LogP contribution is 2.31. The number of carbonyl (C=O) groups is 1. The topological polar surface area (TPSA) is 76.4 Å². The molecule has 4 N–H and O–H groups in total. The Morgan fingerprint density at radius 3 is 2.84 bits per heavy atom. The van der Waals surface area contributed by atoms with E-state index in [4.69, 9.17) is 10.5 Å². The van der Waals surface area contributed by atoms with Crippen molar-refractivity contribution < 1.29 is 9.53 Å². The third kappa shape index (κ3) is 2.66. The molecule has 1 aliphatic rings. The van der Waals surface area contributed by atoms with Crippen LogP contribution in [0.1, 0.15) is 30.6 Å². The van der Waals surface area contributed by atoms with Crippen molar-refractivity contribution in [2.45, 2.75) is 31.9 Å². The summed E-state index contributed by atoms with van der Waals surface area (Å²) in [7, 11) is 1.62. The summed E-state index contributed by atoms with van der Waals surface area (Å²) in [6, 6.07) is 5.26. The highest BCUT2D eigenvalue weighted by atomic mass is 16.5. The molecule has 0 aromatic heterocycles. The van der Waals surface area contributed by atoms with Crippen LogP contribution < -0.4 is 16.4 Å². The molecule has 5 nitrogen and oxygen atoms in total. The van der Waals surface area contributed by atoms with E-state index in [0.717, 1.165) is 18.7 Å². The number of benzene rings is 1. The maximum atomic E-state index is 11.9. The fourth-order valence-electron chi connectivity index (χ4n) is 2.30. The number of hydrogen-bond donors (Lipinski definition) is 3. The van der Waals surface area contributed by atoms with Crippen molar-refractivity contribution in [3.63, 3.8) is 0 Å². The fraction of sp³-hybridized carbons (Fsp3) is 0.500. The van der Waals surface area contributed by atoms with Gasteiger partial charge in [-0.05, 0) is 38.5 Å². The normalized spacial score (nSPS) is 26.2. The third-order valence-corrected chi connectivity index (χ3v) is 3.82. The molecule has 0 spiro atoms. The summed E-state index contributed by atoms with van der Waals surface area (Å²) in [5.74, 6) is -0.127. The van der Waals surface area contributed by atoms with E-state index in [1.165, 1.54) is 0 Å². The van der Waals surface area contributed by atoms with Crippen LogP contribution in [0.2, 0.25) is 0 Å². The van der Waals surface area contributed by atoms with Crippen molar-refractivity contribution in [3.8, 4) is 0 Å². The zero-order valence-corrected chi connectivity index (χ0v) is 11.6. The number of hydrogen-bond acceptors (Lipinski definition) is 4. The van der Waals surface area contributed by atoms with Crippen LogP contribution in [0.5, 0.6) is 0 Å². The summed E-state index contributed by atoms with van der Waals surface area (Å²) in [5, 5.41) is 6.06. The van der Waals surface area contributed by atoms with Crippen molar-refractivity contribution >= 4 is 17.3 Å². The monoisotopic (exact) mass is 263 g/mol. The summed E-state index contributed by atoms with van der Waals surface area (Å²) in [5.41, 5.74) is 7.61. The second kappa shape index (κ2) is 5.09. The van der Waals surface area contributed by atoms with E-state index in [1.54, 1.807) is 25.2 Å². The Labute approximate surface area is 113 Å². The molecular weight excluding hydrogens is 242 g/mol. The minimum atomic E-state index is -0.184. The Hall–Kier alpha value is -1.75. The van der Waals surface area contributed by atoms with Crippen LogP contribution in [-0.4, -0.2) is 31.2 Å². The highest BCUT2D eigenvalue weighted by molar-refractivity contribution is 6.00. The average Bonchev–Trinajstić information content (AvgIpc) is 2.68. The van der Waals surface area contributed by atoms with Crippen LogP contribution in [0.25, 0.3) is 0 Å². The van der Waals surface area contributed by atoms with Crippen molar-refractivity contribution in [3.05, 3.63) is 23.8 Å². The van der Waals surface area contributed by atoms with E-state index < -0.39 is 0 Å². The Kier molecular flexibility index (Phi) is 3.66. The molecule has 0 bridgehead atoms. The van der Waals surface area contributed by atoms with Gasteiger partial charge in [0, 0.05) is 25.0 Å². The second-order valence-electron chi connectivity index (χ2n) is 5.19. The van der Waals surface area contributed by atoms with E-state index in [-0.39, 0.29) is 17.6 Å². The van der Waals surface area contributed by atoms with Crippen LogP contribution in [0.3, 0.4) is 0 Å². The Bertz CT molecular complexity index is 490. The number of anilines is 2. The molecule has 0 saturated carbocycles. The first-order chi connectivity index (χ1) is 8.96. The molecule has 0 radical (unpaired) electrons. The van der Waals surface area contributed by atoms with Gasteiger partial charge in [0.2, 0.25) is 0 Å². The number of carbonyl (C=O) groups excluding carboxylic acids is 1. The Morgan fingerprint density at radius 1 is 1.53 bits per heavy atom. The van der Waals surface area contributed by atoms with Gasteiger partial charge in [0.05, 0.1) is 17.2 Å². The number of nitrogens with one attached hydrogen (secondary N) is 2. The van der Waals surface area contributed by atoms with Crippen LogP contribution >= 0.6 is 0 Å². The second-order valence-corrected chi connectivity index (χ2v) is 5.19. The van der Waals surface area contributed by atoms with Gasteiger partial charge in [-0.15, -0.1) is 0 Å². The summed E-state index contributed by atoms with van der Waals surface area (Å²) in [6.07, 6.45) is 0.988. The summed E-state index contributed by atoms with van der Waals surface area (Å²) in [6.45, 7) is 4.86. The molecule has 0 aliphatic carbocycles. The molecule has 19 heavy (non-hydrogen) atoms. The van der Waals surface area contributed by atoms with Gasteiger partial charge in [-0.1, -0.05) is 0 Å². The standard InChI is InChI=1S/C14H21N3O2/c1-9-14(2,6-7-19-9)17-12-8-10(15)4-5-11(12)13(18)16-3/h4-5,8-9,17H,6-7,15H2,1-3H3,(H,16,18). The molecule has 104 valence electrons. The molecule has 1 fully saturated rings. The summed E-state index contributed by atoms with van der Waals surface area (Å²) in [4.78, 5) is 11.9. The number of nitrogens with two attached hydrogens (primary N) is 1. The molecule has 2 atom stereocenters. The van der Waals surface area contributed by atoms with Gasteiger partial charge in [0.1, 0.15) is 0 Å². The number of amides is 1. The number of rotatable bonds is 3. The molecule has 1 aromatic carbocycles. The van der Waals surface area contributed by atoms with E-state index >= 15 is 0 Å². The maximum Gasteiger partial charge on any atom is 0.253 e. The first-order valence-corrected chi connectivity index (χ1v) is 6.47. The van der Waals surface area contributed by atoms with Gasteiger partial charge >= 0.3 is 0 Å². The largest absolute Gasteiger partial charge is 0.399 e. The van der Waals surface area contributed by atoms with Crippen molar-refractivity contribution in [2.24, 2.45) is 0 Å². The predicted octanol–water partition coefficient (Wildman–Crippen LogP) is 1.61. The molecular formula is C14H21N3O2. The number of nitrogen functional groups attached to an aromatic ring is 1. The lowest BCUT2D eigenvalue weighted by Crippen LogP contribution is -2.41. The van der Waals surface area contributed by atoms with Crippen LogP contribution in [0, 0.1) is 0 Å². The van der Waals surface area contributed by atoms with Gasteiger partial charge in [-0.2, -0.15) is 0 Å². The zero-order valence-electron chi connectivity index (χ0n) is 11.6. The van der Waals surface area contributed by atoms with Gasteiger partial charge in [0.15, 0.2) is 0 Å². The van der Waals surface area contributed by atoms with Crippen LogP contribution in [0.4, 0.5) is 11.4 Å². The lowest BCUT2D eigenvalue weighted by molar-refractivity contribution is 0.0961. The van der Waals surface area contributed by atoms with Gasteiger partial charge in [-0.25, -0.2) is 0 Å². The molecule has 1 heterocycles. The highest BCUT2D eigenvalue weighted by Gasteiger charge is 2.37. The Morgan fingerprint density at radius 2 is 2.26 bits per heavy atom. The molecule has 1 aliphatic heterocycles. The van der Waals surface area contributed by atoms with Gasteiger partial charge in [0.25, 0.3) is 5.91 Å². The quantitative estimate of drug-likeness (QED) is 0.724. The minimum absolute atomic E-state index is 0.0893. The van der Waals surface area contributed by atoms with E-state index in [2.05, 4.69) is 17.6 Å². The van der Waals surface area contributed by atoms with E-state index in [9.17, 15) is 4.79 Å². The van der Waals surface area contributed by atoms with Crippen molar-refractivity contribution in [1.82, 2.24) is 5.32 Å². The van der Waals surface area contributed by atoms with Crippen LogP contribution in [-0.2, 0) is 4.74 Å². The van der Waals surface area contributed by atoms with Crippen molar-refractivity contribution in [1.29, 1.82) is 0 Å². The average molecular weight is 263 g/mol. The molecule has 1 saturated heterocycles. The molecule has 5 heteroatoms. The molecule has 1 amide bonds. The van der Waals surface area contributed by atoms with Crippen LogP contribution in [0.15, 0.2) is 18.2 Å². The van der Waals surface area contributed by atoms with Gasteiger partial charge < -0.3 is 21.1 Å². The lowest BCUT2D eigenvalue weighted by atomic mass is 9.93. The molecule has 2 unspecified atom stereocenters. The maximum absolute atomic E-state index is 11.9. The summed E-state index contributed by atoms with van der Waals surface area (Å²) >= 11 is 0. The fourth-order valence-corrected chi connectivity index (χ4v) is 2.30. The first-order valence-electron chi connectivity index (χ1n) is 6.47. The minimum Gasteiger partial charge on any atom is -0.399 e. The zero-order chi connectivity index (χ0) is 14.0. The summed E-state index contributed by atoms with van der Waals surface area (Å²) < 4.78 is 5.60. The third-order valence-electron chi connectivity index (χ3n) is 3.82. The van der Waals surface area contributed by atoms with E-state index in [0.29, 0.717) is 11.3 Å².